The highest BCUT2D eigenvalue weighted by Crippen LogP contribution is 2.29. The van der Waals surface area contributed by atoms with Gasteiger partial charge in [0.05, 0.1) is 17.4 Å². The maximum Gasteiger partial charge on any atom is 0.271 e. The molecule has 30 heavy (non-hydrogen) atoms. The molecule has 0 aliphatic carbocycles. The molecule has 2 aromatic carbocycles. The van der Waals surface area contributed by atoms with Gasteiger partial charge in [-0.1, -0.05) is 17.7 Å². The zero-order valence-corrected chi connectivity index (χ0v) is 19.3. The van der Waals surface area contributed by atoms with E-state index in [1.165, 1.54) is 18.9 Å². The van der Waals surface area contributed by atoms with Crippen molar-refractivity contribution in [2.45, 2.75) is 21.3 Å². The molecule has 1 aromatic heterocycles. The number of rotatable bonds is 8. The minimum absolute atomic E-state index is 0.177. The van der Waals surface area contributed by atoms with Crippen molar-refractivity contribution in [2.75, 3.05) is 17.1 Å². The first-order chi connectivity index (χ1) is 14.3. The first-order valence-electron chi connectivity index (χ1n) is 8.76. The van der Waals surface area contributed by atoms with Crippen molar-refractivity contribution >= 4 is 62.0 Å². The Bertz CT molecular complexity index is 1120. The van der Waals surface area contributed by atoms with Crippen molar-refractivity contribution in [3.63, 3.8) is 0 Å². The highest BCUT2D eigenvalue weighted by molar-refractivity contribution is 8.00. The summed E-state index contributed by atoms with van der Waals surface area (Å²) in [4.78, 5) is 13.3. The van der Waals surface area contributed by atoms with Crippen LogP contribution in [-0.4, -0.2) is 26.7 Å². The van der Waals surface area contributed by atoms with E-state index in [-0.39, 0.29) is 15.4 Å². The fourth-order valence-electron chi connectivity index (χ4n) is 2.47. The number of benzene rings is 2. The minimum atomic E-state index is -3.58. The largest absolute Gasteiger partial charge is 0.495 e. The number of methoxy groups -OCH3 is 1. The number of halogens is 1. The summed E-state index contributed by atoms with van der Waals surface area (Å²) in [5.41, 5.74) is 1.04. The van der Waals surface area contributed by atoms with E-state index in [0.717, 1.165) is 16.2 Å². The third kappa shape index (κ3) is 5.69. The van der Waals surface area contributed by atoms with Crippen LogP contribution < -0.4 is 14.8 Å². The van der Waals surface area contributed by atoms with E-state index >= 15 is 0 Å². The lowest BCUT2D eigenvalue weighted by atomic mass is 10.3. The summed E-state index contributed by atoms with van der Waals surface area (Å²) in [5.74, 6) is 0.357. The normalized spacial score (nSPS) is 12.2. The molecule has 0 bridgehead atoms. The van der Waals surface area contributed by atoms with Crippen LogP contribution in [0.15, 0.2) is 69.1 Å². The van der Waals surface area contributed by atoms with Gasteiger partial charge < -0.3 is 10.1 Å². The number of carbonyl (C=O) groups is 1. The molecule has 0 aliphatic rings. The molecule has 0 aliphatic heterocycles. The number of anilines is 2. The van der Waals surface area contributed by atoms with Crippen molar-refractivity contribution < 1.29 is 17.9 Å². The number of hydrogen-bond acceptors (Lipinski definition) is 6. The molecule has 1 amide bonds. The topological polar surface area (TPSA) is 84.5 Å². The number of amides is 1. The van der Waals surface area contributed by atoms with Gasteiger partial charge in [-0.15, -0.1) is 23.1 Å². The Morgan fingerprint density at radius 1 is 1.13 bits per heavy atom. The smallest absolute Gasteiger partial charge is 0.271 e. The highest BCUT2D eigenvalue weighted by atomic mass is 35.5. The molecular weight excluding hydrogens is 464 g/mol. The number of nitrogens with one attached hydrogen (secondary N) is 2. The third-order valence-corrected chi connectivity index (χ3v) is 8.15. The van der Waals surface area contributed by atoms with E-state index in [1.54, 1.807) is 66.9 Å². The van der Waals surface area contributed by atoms with Gasteiger partial charge in [0.15, 0.2) is 0 Å². The summed E-state index contributed by atoms with van der Waals surface area (Å²) in [6.45, 7) is 1.79. The predicted octanol–water partition coefficient (Wildman–Crippen LogP) is 5.33. The van der Waals surface area contributed by atoms with E-state index < -0.39 is 10.0 Å². The molecule has 3 aromatic rings. The zero-order valence-electron chi connectivity index (χ0n) is 16.1. The fraction of sp³-hybridized carbons (Fsp3) is 0.150. The van der Waals surface area contributed by atoms with Gasteiger partial charge in [-0.3, -0.25) is 9.52 Å². The second-order valence-corrected chi connectivity index (χ2v) is 10.8. The number of carbonyl (C=O) groups excluding carboxylic acids is 1. The van der Waals surface area contributed by atoms with Crippen molar-refractivity contribution in [3.05, 3.63) is 65.0 Å². The van der Waals surface area contributed by atoms with E-state index in [2.05, 4.69) is 10.0 Å². The Morgan fingerprint density at radius 3 is 2.43 bits per heavy atom. The van der Waals surface area contributed by atoms with Crippen LogP contribution in [0.1, 0.15) is 6.92 Å². The molecular formula is C20H19ClN2O4S3. The maximum absolute atomic E-state index is 12.5. The SMILES string of the molecule is COc1ccc(NC(=O)C(C)Sc2ccc(NS(=O)(=O)c3cccs3)cc2)cc1Cl. The Hall–Kier alpha value is -2.20. The van der Waals surface area contributed by atoms with Gasteiger partial charge in [0, 0.05) is 16.3 Å². The molecule has 0 fully saturated rings. The Kier molecular flexibility index (Phi) is 7.30. The van der Waals surface area contributed by atoms with Crippen molar-refractivity contribution in [1.29, 1.82) is 0 Å². The number of ether oxygens (including phenoxy) is 1. The summed E-state index contributed by atoms with van der Waals surface area (Å²) >= 11 is 8.60. The molecule has 6 nitrogen and oxygen atoms in total. The maximum atomic E-state index is 12.5. The minimum Gasteiger partial charge on any atom is -0.495 e. The van der Waals surface area contributed by atoms with Gasteiger partial charge in [-0.2, -0.15) is 0 Å². The number of hydrogen-bond donors (Lipinski definition) is 2. The van der Waals surface area contributed by atoms with Crippen LogP contribution in [0, 0.1) is 0 Å². The monoisotopic (exact) mass is 482 g/mol. The Balaban J connectivity index is 1.59. The molecule has 2 N–H and O–H groups in total. The molecule has 0 saturated heterocycles. The molecule has 10 heteroatoms. The van der Waals surface area contributed by atoms with E-state index in [1.807, 2.05) is 0 Å². The van der Waals surface area contributed by atoms with Crippen LogP contribution in [0.3, 0.4) is 0 Å². The number of thiophene rings is 1. The lowest BCUT2D eigenvalue weighted by Gasteiger charge is -2.13. The average Bonchev–Trinajstić information content (AvgIpc) is 3.25. The summed E-state index contributed by atoms with van der Waals surface area (Å²) in [6, 6.07) is 15.1. The first kappa shape index (κ1) is 22.5. The van der Waals surface area contributed by atoms with Crippen LogP contribution in [0.5, 0.6) is 5.75 Å². The van der Waals surface area contributed by atoms with E-state index in [9.17, 15) is 13.2 Å². The Morgan fingerprint density at radius 2 is 1.83 bits per heavy atom. The summed E-state index contributed by atoms with van der Waals surface area (Å²) in [6.07, 6.45) is 0. The molecule has 0 saturated carbocycles. The van der Waals surface area contributed by atoms with Crippen LogP contribution in [0.2, 0.25) is 5.02 Å². The van der Waals surface area contributed by atoms with Crippen LogP contribution in [0.4, 0.5) is 11.4 Å². The van der Waals surface area contributed by atoms with Gasteiger partial charge >= 0.3 is 0 Å². The lowest BCUT2D eigenvalue weighted by Crippen LogP contribution is -2.22. The number of thioether (sulfide) groups is 1. The van der Waals surface area contributed by atoms with Crippen LogP contribution >= 0.6 is 34.7 Å². The van der Waals surface area contributed by atoms with Crippen molar-refractivity contribution in [1.82, 2.24) is 0 Å². The third-order valence-electron chi connectivity index (χ3n) is 3.97. The Labute approximate surface area is 188 Å². The van der Waals surface area contributed by atoms with Gasteiger partial charge in [0.2, 0.25) is 5.91 Å². The van der Waals surface area contributed by atoms with E-state index in [0.29, 0.717) is 22.1 Å². The van der Waals surface area contributed by atoms with Crippen LogP contribution in [0.25, 0.3) is 0 Å². The standard InChI is InChI=1S/C20H19ClN2O4S3/c1-13(20(24)22-15-7-10-18(27-2)17(21)12-15)29-16-8-5-14(6-9-16)23-30(25,26)19-4-3-11-28-19/h3-13,23H,1-2H3,(H,22,24). The fourth-order valence-corrected chi connectivity index (χ4v) is 5.65. The predicted molar refractivity (Wildman–Crippen MR) is 124 cm³/mol. The molecule has 158 valence electrons. The van der Waals surface area contributed by atoms with Gasteiger partial charge in [-0.25, -0.2) is 8.42 Å². The van der Waals surface area contributed by atoms with Crippen molar-refractivity contribution in [2.24, 2.45) is 0 Å². The summed E-state index contributed by atoms with van der Waals surface area (Å²) in [5, 5.41) is 4.57. The second kappa shape index (κ2) is 9.74. The highest BCUT2D eigenvalue weighted by Gasteiger charge is 2.17. The van der Waals surface area contributed by atoms with Gasteiger partial charge in [0.1, 0.15) is 9.96 Å². The lowest BCUT2D eigenvalue weighted by molar-refractivity contribution is -0.115. The second-order valence-electron chi connectivity index (χ2n) is 6.16. The zero-order chi connectivity index (χ0) is 21.7. The molecule has 1 unspecified atom stereocenters. The molecule has 0 radical (unpaired) electrons. The molecule has 1 heterocycles. The summed E-state index contributed by atoms with van der Waals surface area (Å²) < 4.78 is 32.5. The van der Waals surface area contributed by atoms with E-state index in [4.69, 9.17) is 16.3 Å². The first-order valence-corrected chi connectivity index (χ1v) is 12.4. The van der Waals surface area contributed by atoms with Gasteiger partial charge in [0.25, 0.3) is 10.0 Å². The molecule has 0 spiro atoms. The average molecular weight is 483 g/mol. The number of sulfonamides is 1. The van der Waals surface area contributed by atoms with Crippen molar-refractivity contribution in [3.8, 4) is 5.75 Å². The molecule has 1 atom stereocenters. The molecule has 3 rings (SSSR count). The van der Waals surface area contributed by atoms with Crippen LogP contribution in [-0.2, 0) is 14.8 Å². The summed E-state index contributed by atoms with van der Waals surface area (Å²) in [7, 11) is -2.06. The quantitative estimate of drug-likeness (QED) is 0.424. The van der Waals surface area contributed by atoms with Gasteiger partial charge in [-0.05, 0) is 60.8 Å².